The summed E-state index contributed by atoms with van der Waals surface area (Å²) in [5, 5.41) is 0. The summed E-state index contributed by atoms with van der Waals surface area (Å²) >= 11 is 0. The molecule has 58 valence electrons. The van der Waals surface area contributed by atoms with Crippen LogP contribution in [0.5, 0.6) is 0 Å². The lowest BCUT2D eigenvalue weighted by molar-refractivity contribution is 0.142. The number of ether oxygens (including phenoxy) is 1. The molecule has 1 heterocycles. The van der Waals surface area contributed by atoms with E-state index in [4.69, 9.17) is 4.74 Å². The summed E-state index contributed by atoms with van der Waals surface area (Å²) in [5.41, 5.74) is 0. The molecule has 1 saturated heterocycles. The number of rotatable bonds is 0. The maximum absolute atomic E-state index is 5.33. The molecule has 10 heavy (non-hydrogen) atoms. The third-order valence-corrected chi connectivity index (χ3v) is 1.60. The topological polar surface area (TPSA) is 24.8 Å². The van der Waals surface area contributed by atoms with E-state index in [2.05, 4.69) is 11.9 Å². The van der Waals surface area contributed by atoms with Gasteiger partial charge in [0.25, 0.3) is 6.02 Å². The van der Waals surface area contributed by atoms with Crippen LogP contribution in [0.3, 0.4) is 0 Å². The van der Waals surface area contributed by atoms with E-state index in [0.717, 1.165) is 19.2 Å². The molecule has 3 nitrogen and oxygen atoms in total. The van der Waals surface area contributed by atoms with Gasteiger partial charge in [0.2, 0.25) is 0 Å². The van der Waals surface area contributed by atoms with Crippen LogP contribution < -0.4 is 0 Å². The number of amidine groups is 1. The second-order valence-corrected chi connectivity index (χ2v) is 2.80. The lowest BCUT2D eigenvalue weighted by Crippen LogP contribution is -2.40. The Labute approximate surface area is 61.7 Å². The van der Waals surface area contributed by atoms with Crippen molar-refractivity contribution in [3.05, 3.63) is 0 Å². The van der Waals surface area contributed by atoms with Crippen LogP contribution >= 0.6 is 0 Å². The van der Waals surface area contributed by atoms with E-state index in [0.29, 0.717) is 5.92 Å². The fourth-order valence-electron chi connectivity index (χ4n) is 1.16. The van der Waals surface area contributed by atoms with Gasteiger partial charge < -0.3 is 9.64 Å². The van der Waals surface area contributed by atoms with Crippen molar-refractivity contribution in [2.45, 2.75) is 6.92 Å². The van der Waals surface area contributed by atoms with E-state index in [1.165, 1.54) is 0 Å². The largest absolute Gasteiger partial charge is 0.465 e. The summed E-state index contributed by atoms with van der Waals surface area (Å²) < 4.78 is 5.33. The van der Waals surface area contributed by atoms with Gasteiger partial charge in [-0.1, -0.05) is 6.92 Å². The highest BCUT2D eigenvalue weighted by molar-refractivity contribution is 5.73. The third-order valence-electron chi connectivity index (χ3n) is 1.60. The van der Waals surface area contributed by atoms with Crippen LogP contribution in [0.15, 0.2) is 4.99 Å². The molecule has 1 rings (SSSR count). The zero-order valence-electron chi connectivity index (χ0n) is 6.79. The van der Waals surface area contributed by atoms with Gasteiger partial charge in [-0.2, -0.15) is 0 Å². The Balaban J connectivity index is 2.52. The van der Waals surface area contributed by atoms with E-state index >= 15 is 0 Å². The standard InChI is InChI=1S/C7H14N2O/c1-6-4-9(3)7(8-2)10-5-6/h6H,4-5H2,1-3H3. The van der Waals surface area contributed by atoms with Gasteiger partial charge in [-0.3, -0.25) is 0 Å². The first kappa shape index (κ1) is 7.38. The predicted molar refractivity (Wildman–Crippen MR) is 41.1 cm³/mol. The van der Waals surface area contributed by atoms with Crippen LogP contribution in [0.25, 0.3) is 0 Å². The second kappa shape index (κ2) is 2.90. The maximum Gasteiger partial charge on any atom is 0.286 e. The molecule has 0 spiro atoms. The van der Waals surface area contributed by atoms with Crippen molar-refractivity contribution >= 4 is 6.02 Å². The Morgan fingerprint density at radius 1 is 1.70 bits per heavy atom. The molecule has 1 unspecified atom stereocenters. The molecule has 1 aliphatic rings. The number of hydrogen-bond donors (Lipinski definition) is 0. The van der Waals surface area contributed by atoms with Crippen molar-refractivity contribution in [1.29, 1.82) is 0 Å². The fourth-order valence-corrected chi connectivity index (χ4v) is 1.16. The van der Waals surface area contributed by atoms with Gasteiger partial charge in [0.15, 0.2) is 0 Å². The predicted octanol–water partition coefficient (Wildman–Crippen LogP) is 0.570. The zero-order valence-corrected chi connectivity index (χ0v) is 6.79. The minimum atomic E-state index is 0.621. The smallest absolute Gasteiger partial charge is 0.286 e. The fraction of sp³-hybridized carbons (Fsp3) is 0.857. The molecule has 0 aromatic heterocycles. The van der Waals surface area contributed by atoms with Gasteiger partial charge in [-0.05, 0) is 0 Å². The van der Waals surface area contributed by atoms with Crippen molar-refractivity contribution in [2.75, 3.05) is 27.2 Å². The average Bonchev–Trinajstić information content (AvgIpc) is 1.88. The van der Waals surface area contributed by atoms with Crippen LogP contribution in [0.1, 0.15) is 6.92 Å². The summed E-state index contributed by atoms with van der Waals surface area (Å²) in [6.45, 7) is 4.02. The van der Waals surface area contributed by atoms with Crippen LogP contribution in [0.2, 0.25) is 0 Å². The molecule has 3 heteroatoms. The van der Waals surface area contributed by atoms with Gasteiger partial charge >= 0.3 is 0 Å². The van der Waals surface area contributed by atoms with Crippen molar-refractivity contribution in [1.82, 2.24) is 4.90 Å². The van der Waals surface area contributed by atoms with E-state index in [-0.39, 0.29) is 0 Å². The number of aliphatic imine (C=N–C) groups is 1. The first-order valence-electron chi connectivity index (χ1n) is 3.54. The minimum absolute atomic E-state index is 0.621. The Hall–Kier alpha value is -0.730. The second-order valence-electron chi connectivity index (χ2n) is 2.80. The van der Waals surface area contributed by atoms with E-state index in [1.807, 2.05) is 11.9 Å². The molecule has 0 aromatic rings. The van der Waals surface area contributed by atoms with E-state index in [9.17, 15) is 0 Å². The molecule has 0 N–H and O–H groups in total. The normalized spacial score (nSPS) is 30.5. The monoisotopic (exact) mass is 142 g/mol. The Kier molecular flexibility index (Phi) is 2.14. The molecule has 1 aliphatic heterocycles. The van der Waals surface area contributed by atoms with E-state index < -0.39 is 0 Å². The van der Waals surface area contributed by atoms with Gasteiger partial charge in [-0.15, -0.1) is 0 Å². The Morgan fingerprint density at radius 2 is 2.40 bits per heavy atom. The number of hydrogen-bond acceptors (Lipinski definition) is 2. The van der Waals surface area contributed by atoms with Crippen molar-refractivity contribution in [3.63, 3.8) is 0 Å². The highest BCUT2D eigenvalue weighted by Crippen LogP contribution is 2.07. The summed E-state index contributed by atoms with van der Waals surface area (Å²) in [6.07, 6.45) is 0. The highest BCUT2D eigenvalue weighted by atomic mass is 16.5. The first-order chi connectivity index (χ1) is 4.74. The molecule has 0 aliphatic carbocycles. The third kappa shape index (κ3) is 1.40. The van der Waals surface area contributed by atoms with Gasteiger partial charge in [0, 0.05) is 26.6 Å². The van der Waals surface area contributed by atoms with Gasteiger partial charge in [0.05, 0.1) is 6.61 Å². The minimum Gasteiger partial charge on any atom is -0.465 e. The lowest BCUT2D eigenvalue weighted by Gasteiger charge is -2.29. The molecule has 1 atom stereocenters. The summed E-state index contributed by atoms with van der Waals surface area (Å²) in [7, 11) is 3.75. The molecule has 0 saturated carbocycles. The van der Waals surface area contributed by atoms with Crippen LogP contribution in [0.4, 0.5) is 0 Å². The van der Waals surface area contributed by atoms with Crippen molar-refractivity contribution < 1.29 is 4.74 Å². The summed E-state index contributed by atoms with van der Waals surface area (Å²) in [6, 6.07) is 0.762. The molecule has 0 aromatic carbocycles. The first-order valence-corrected chi connectivity index (χ1v) is 3.54. The molecule has 1 fully saturated rings. The summed E-state index contributed by atoms with van der Waals surface area (Å²) in [4.78, 5) is 6.02. The summed E-state index contributed by atoms with van der Waals surface area (Å²) in [5.74, 6) is 0.621. The molecular formula is C7H14N2O. The zero-order chi connectivity index (χ0) is 7.56. The van der Waals surface area contributed by atoms with Crippen LogP contribution in [-0.2, 0) is 4.74 Å². The molecule has 0 bridgehead atoms. The van der Waals surface area contributed by atoms with Gasteiger partial charge in [0.1, 0.15) is 0 Å². The number of nitrogens with zero attached hydrogens (tertiary/aromatic N) is 2. The Bertz CT molecular complexity index is 145. The SMILES string of the molecule is CN=C1OCC(C)CN1C. The molecular weight excluding hydrogens is 128 g/mol. The van der Waals surface area contributed by atoms with E-state index in [1.54, 1.807) is 7.05 Å². The average molecular weight is 142 g/mol. The highest BCUT2D eigenvalue weighted by Gasteiger charge is 2.18. The quantitative estimate of drug-likeness (QED) is 0.494. The van der Waals surface area contributed by atoms with Crippen LogP contribution in [0, 0.1) is 5.92 Å². The lowest BCUT2D eigenvalue weighted by atomic mass is 10.2. The Morgan fingerprint density at radius 3 is 2.90 bits per heavy atom. The maximum atomic E-state index is 5.33. The van der Waals surface area contributed by atoms with Crippen molar-refractivity contribution in [2.24, 2.45) is 10.9 Å². The molecule has 0 radical (unpaired) electrons. The van der Waals surface area contributed by atoms with Gasteiger partial charge in [-0.25, -0.2) is 4.99 Å². The van der Waals surface area contributed by atoms with Crippen LogP contribution in [-0.4, -0.2) is 38.2 Å². The molecule has 0 amide bonds. The van der Waals surface area contributed by atoms with Crippen molar-refractivity contribution in [3.8, 4) is 0 Å².